The van der Waals surface area contributed by atoms with Crippen molar-refractivity contribution in [1.82, 2.24) is 9.78 Å². The lowest BCUT2D eigenvalue weighted by Gasteiger charge is -2.55. The molecule has 5 fully saturated rings. The normalized spacial score (nSPS) is 51.4. The third kappa shape index (κ3) is 2.54. The predicted molar refractivity (Wildman–Crippen MR) is 112 cm³/mol. The van der Waals surface area contributed by atoms with E-state index < -0.39 is 5.60 Å². The van der Waals surface area contributed by atoms with E-state index >= 15 is 0 Å². The third-order valence-corrected chi connectivity index (χ3v) is 10.6. The Labute approximate surface area is 179 Å². The molecule has 0 aromatic carbocycles. The zero-order valence-electron chi connectivity index (χ0n) is 18.4. The number of rotatable bonds is 4. The van der Waals surface area contributed by atoms with E-state index in [9.17, 15) is 9.90 Å². The second-order valence-corrected chi connectivity index (χ2v) is 11.4. The van der Waals surface area contributed by atoms with Gasteiger partial charge in [-0.2, -0.15) is 5.10 Å². The quantitative estimate of drug-likeness (QED) is 0.819. The lowest BCUT2D eigenvalue weighted by atomic mass is 9.49. The molecule has 30 heavy (non-hydrogen) atoms. The molecular formula is C25H36N2O3. The number of hydrogen-bond donors (Lipinski definition) is 1. The van der Waals surface area contributed by atoms with Crippen LogP contribution in [0, 0.1) is 46.8 Å². The van der Waals surface area contributed by atoms with Gasteiger partial charge >= 0.3 is 0 Å². The van der Waals surface area contributed by atoms with Crippen LogP contribution >= 0.6 is 0 Å². The van der Waals surface area contributed by atoms with Crippen molar-refractivity contribution in [1.29, 1.82) is 0 Å². The van der Waals surface area contributed by atoms with Crippen LogP contribution in [0.2, 0.25) is 0 Å². The van der Waals surface area contributed by atoms with E-state index in [2.05, 4.69) is 12.0 Å². The Balaban J connectivity index is 1.20. The van der Waals surface area contributed by atoms with Gasteiger partial charge in [-0.1, -0.05) is 6.92 Å². The van der Waals surface area contributed by atoms with Crippen molar-refractivity contribution in [3.63, 3.8) is 0 Å². The van der Waals surface area contributed by atoms with Crippen molar-refractivity contribution < 1.29 is 14.6 Å². The number of hydrogen-bond acceptors (Lipinski definition) is 4. The van der Waals surface area contributed by atoms with Gasteiger partial charge in [-0.05, 0) is 92.4 Å². The Morgan fingerprint density at radius 3 is 2.63 bits per heavy atom. The average molecular weight is 413 g/mol. The number of ketones is 1. The number of carbonyl (C=O) groups excluding carboxylic acids is 1. The van der Waals surface area contributed by atoms with Gasteiger partial charge in [0.25, 0.3) is 0 Å². The minimum atomic E-state index is -0.524. The number of ether oxygens (including phenoxy) is 1. The molecule has 5 nitrogen and oxygen atoms in total. The van der Waals surface area contributed by atoms with Gasteiger partial charge in [-0.15, -0.1) is 0 Å². The highest BCUT2D eigenvalue weighted by Gasteiger charge is 2.72. The van der Waals surface area contributed by atoms with Crippen LogP contribution in [0.15, 0.2) is 18.5 Å². The fourth-order valence-electron chi connectivity index (χ4n) is 9.32. The minimum absolute atomic E-state index is 0.0775. The highest BCUT2D eigenvalue weighted by atomic mass is 16.5. The zero-order chi connectivity index (χ0) is 20.7. The van der Waals surface area contributed by atoms with Crippen molar-refractivity contribution in [2.45, 2.75) is 76.5 Å². The second-order valence-electron chi connectivity index (χ2n) is 11.4. The van der Waals surface area contributed by atoms with Crippen molar-refractivity contribution >= 4 is 5.78 Å². The van der Waals surface area contributed by atoms with Gasteiger partial charge in [0.1, 0.15) is 0 Å². The summed E-state index contributed by atoms with van der Waals surface area (Å²) in [5.41, 5.74) is -0.356. The summed E-state index contributed by atoms with van der Waals surface area (Å²) in [5.74, 6) is 4.64. The zero-order valence-corrected chi connectivity index (χ0v) is 18.4. The molecule has 6 rings (SSSR count). The number of fused-ring (bicyclic) bond motifs is 7. The maximum absolute atomic E-state index is 13.2. The SMILES string of the molecule is COC1C2[C@@H]3CC[C@@H]4[C@H](CC[C@]5(C)[C@@H](C(=O)Cn6cccn6)CC[C@@H]45)[C@H]3CC[C@]12O. The van der Waals surface area contributed by atoms with Crippen LogP contribution in [0.25, 0.3) is 0 Å². The molecule has 1 N–H and O–H groups in total. The Morgan fingerprint density at radius 1 is 1.10 bits per heavy atom. The van der Waals surface area contributed by atoms with Crippen LogP contribution < -0.4 is 0 Å². The number of aliphatic hydroxyl groups is 1. The van der Waals surface area contributed by atoms with E-state index in [1.165, 1.54) is 38.5 Å². The molecule has 0 aliphatic heterocycles. The highest BCUT2D eigenvalue weighted by Crippen LogP contribution is 2.69. The standard InChI is InChI=1S/C25H36N2O3/c1-24-10-8-15-16-9-11-25(29)22(23(25)30-2)18(16)5-4-17(15)19(24)6-7-20(24)21(28)14-27-13-3-12-26-27/h3,12-13,15-20,22-23,29H,4-11,14H2,1-2H3/t15-,16-,17-,18-,19+,20-,22?,23?,24+,25-/m1/s1. The summed E-state index contributed by atoms with van der Waals surface area (Å²) in [4.78, 5) is 13.2. The van der Waals surface area contributed by atoms with Crippen LogP contribution in [-0.4, -0.2) is 39.5 Å². The largest absolute Gasteiger partial charge is 0.387 e. The first-order chi connectivity index (χ1) is 14.5. The molecule has 0 spiro atoms. The minimum Gasteiger partial charge on any atom is -0.387 e. The lowest BCUT2D eigenvalue weighted by Crippen LogP contribution is -2.50. The van der Waals surface area contributed by atoms with Gasteiger partial charge < -0.3 is 9.84 Å². The summed E-state index contributed by atoms with van der Waals surface area (Å²) in [5, 5.41) is 15.2. The van der Waals surface area contributed by atoms with Gasteiger partial charge in [-0.3, -0.25) is 9.48 Å². The first-order valence-electron chi connectivity index (χ1n) is 12.2. The fraction of sp³-hybridized carbons (Fsp3) is 0.840. The maximum Gasteiger partial charge on any atom is 0.157 e. The number of aromatic nitrogens is 2. The van der Waals surface area contributed by atoms with Crippen LogP contribution in [-0.2, 0) is 16.1 Å². The molecule has 1 aromatic heterocycles. The molecule has 5 saturated carbocycles. The molecular weight excluding hydrogens is 376 g/mol. The smallest absolute Gasteiger partial charge is 0.157 e. The highest BCUT2D eigenvalue weighted by molar-refractivity contribution is 5.82. The van der Waals surface area contributed by atoms with Crippen molar-refractivity contribution in [3.05, 3.63) is 18.5 Å². The van der Waals surface area contributed by atoms with Gasteiger partial charge in [0, 0.05) is 31.3 Å². The van der Waals surface area contributed by atoms with E-state index in [1.807, 2.05) is 12.3 Å². The molecule has 1 aromatic rings. The van der Waals surface area contributed by atoms with Crippen LogP contribution in [0.5, 0.6) is 0 Å². The molecule has 10 atom stereocenters. The summed E-state index contributed by atoms with van der Waals surface area (Å²) in [6.45, 7) is 2.86. The molecule has 0 saturated heterocycles. The number of methoxy groups -OCH3 is 1. The topological polar surface area (TPSA) is 64.4 Å². The fourth-order valence-corrected chi connectivity index (χ4v) is 9.32. The maximum atomic E-state index is 13.2. The van der Waals surface area contributed by atoms with E-state index in [0.29, 0.717) is 30.1 Å². The molecule has 2 unspecified atom stereocenters. The summed E-state index contributed by atoms with van der Waals surface area (Å²) >= 11 is 0. The molecule has 0 amide bonds. The van der Waals surface area contributed by atoms with Crippen LogP contribution in [0.4, 0.5) is 0 Å². The van der Waals surface area contributed by atoms with Crippen LogP contribution in [0.3, 0.4) is 0 Å². The molecule has 5 heteroatoms. The Kier molecular flexibility index (Phi) is 4.32. The lowest BCUT2D eigenvalue weighted by molar-refractivity contribution is -0.131. The van der Waals surface area contributed by atoms with Gasteiger partial charge in [0.2, 0.25) is 0 Å². The molecule has 5 aliphatic rings. The second kappa shape index (κ2) is 6.65. The van der Waals surface area contributed by atoms with Gasteiger partial charge in [-0.25, -0.2) is 0 Å². The number of carbonyl (C=O) groups is 1. The first kappa shape index (κ1) is 19.5. The molecule has 1 heterocycles. The molecule has 164 valence electrons. The van der Waals surface area contributed by atoms with Crippen molar-refractivity contribution in [2.75, 3.05) is 7.11 Å². The average Bonchev–Trinajstić information content (AvgIpc) is 3.04. The predicted octanol–water partition coefficient (Wildman–Crippen LogP) is 3.71. The molecule has 5 aliphatic carbocycles. The van der Waals surface area contributed by atoms with Crippen molar-refractivity contribution in [2.24, 2.45) is 46.8 Å². The van der Waals surface area contributed by atoms with Crippen LogP contribution in [0.1, 0.15) is 58.3 Å². The summed E-state index contributed by atoms with van der Waals surface area (Å²) < 4.78 is 7.46. The Bertz CT molecular complexity index is 824. The monoisotopic (exact) mass is 412 g/mol. The van der Waals surface area contributed by atoms with Crippen molar-refractivity contribution in [3.8, 4) is 0 Å². The van der Waals surface area contributed by atoms with E-state index in [1.54, 1.807) is 18.0 Å². The Morgan fingerprint density at radius 2 is 1.87 bits per heavy atom. The van der Waals surface area contributed by atoms with Gasteiger partial charge in [0.15, 0.2) is 5.78 Å². The van der Waals surface area contributed by atoms with E-state index in [4.69, 9.17) is 4.74 Å². The van der Waals surface area contributed by atoms with Gasteiger partial charge in [0.05, 0.1) is 18.2 Å². The first-order valence-corrected chi connectivity index (χ1v) is 12.2. The number of Topliss-reactive ketones (excluding diaryl/α,β-unsaturated/α-hetero) is 1. The third-order valence-electron chi connectivity index (χ3n) is 10.6. The molecule has 0 radical (unpaired) electrons. The summed E-state index contributed by atoms with van der Waals surface area (Å²) in [6, 6.07) is 1.90. The molecule has 0 bridgehead atoms. The summed E-state index contributed by atoms with van der Waals surface area (Å²) in [6.07, 6.45) is 13.1. The number of nitrogens with zero attached hydrogens (tertiary/aromatic N) is 2. The van der Waals surface area contributed by atoms with E-state index in [-0.39, 0.29) is 17.4 Å². The Hall–Kier alpha value is -1.20. The summed E-state index contributed by atoms with van der Waals surface area (Å²) in [7, 11) is 1.77. The van der Waals surface area contributed by atoms with E-state index in [0.717, 1.165) is 30.6 Å².